The number of rotatable bonds is 0. The molecule has 1 aromatic heterocycles. The Labute approximate surface area is 83.3 Å². The van der Waals surface area contributed by atoms with Gasteiger partial charge in [-0.15, -0.1) is 0 Å². The second-order valence-corrected chi connectivity index (χ2v) is 2.75. The summed E-state index contributed by atoms with van der Waals surface area (Å²) < 4.78 is 0.776. The highest BCUT2D eigenvalue weighted by molar-refractivity contribution is 5.69. The molecule has 0 bridgehead atoms. The molecule has 8 heteroatoms. The van der Waals surface area contributed by atoms with E-state index in [1.807, 2.05) is 0 Å². The summed E-state index contributed by atoms with van der Waals surface area (Å²) in [6.45, 7) is 0. The van der Waals surface area contributed by atoms with E-state index < -0.39 is 5.91 Å². The molecule has 1 aliphatic rings. The molecule has 2 heterocycles. The van der Waals surface area contributed by atoms with Crippen LogP contribution in [0, 0.1) is 22.7 Å². The fourth-order valence-electron chi connectivity index (χ4n) is 1.23. The number of aromatic nitrogens is 2. The summed E-state index contributed by atoms with van der Waals surface area (Å²) in [7, 11) is 0. The van der Waals surface area contributed by atoms with E-state index in [-0.39, 0.29) is 17.3 Å². The van der Waals surface area contributed by atoms with Crippen molar-refractivity contribution < 1.29 is 10.2 Å². The molecular weight excluding hydrogens is 200 g/mol. The lowest BCUT2D eigenvalue weighted by atomic mass is 10.3. The molecule has 8 nitrogen and oxygen atoms in total. The maximum absolute atomic E-state index is 9.48. The largest absolute Gasteiger partial charge is 0.344 e. The third-order valence-electron chi connectivity index (χ3n) is 1.82. The van der Waals surface area contributed by atoms with Crippen LogP contribution in [-0.2, 0) is 5.91 Å². The zero-order valence-corrected chi connectivity index (χ0v) is 7.21. The second-order valence-electron chi connectivity index (χ2n) is 2.75. The van der Waals surface area contributed by atoms with Gasteiger partial charge in [-0.3, -0.25) is 0 Å². The minimum absolute atomic E-state index is 0.0735. The zero-order valence-electron chi connectivity index (χ0n) is 7.21. The Hall–Kier alpha value is -2.42. The monoisotopic (exact) mass is 204 g/mol. The van der Waals surface area contributed by atoms with E-state index in [2.05, 4.69) is 15.5 Å². The van der Waals surface area contributed by atoms with Gasteiger partial charge in [0.15, 0.2) is 11.4 Å². The van der Waals surface area contributed by atoms with Gasteiger partial charge >= 0.3 is 0 Å². The highest BCUT2D eigenvalue weighted by Crippen LogP contribution is 2.24. The molecule has 1 aromatic rings. The van der Waals surface area contributed by atoms with Crippen LogP contribution >= 0.6 is 0 Å². The summed E-state index contributed by atoms with van der Waals surface area (Å²) in [6, 6.07) is 3.34. The second kappa shape index (κ2) is 2.78. The van der Waals surface area contributed by atoms with Gasteiger partial charge in [0, 0.05) is 0 Å². The molecule has 0 aromatic carbocycles. The van der Waals surface area contributed by atoms with Crippen LogP contribution in [0.25, 0.3) is 0 Å². The normalized spacial score (nSPS) is 16.0. The first kappa shape index (κ1) is 9.15. The van der Waals surface area contributed by atoms with Crippen molar-refractivity contribution in [1.29, 1.82) is 10.5 Å². The highest BCUT2D eigenvalue weighted by atomic mass is 16.5. The number of anilines is 1. The summed E-state index contributed by atoms with van der Waals surface area (Å²) in [5.41, 5.74) is 1.91. The molecule has 15 heavy (non-hydrogen) atoms. The van der Waals surface area contributed by atoms with Crippen molar-refractivity contribution in [2.24, 2.45) is 5.10 Å². The first-order valence-electron chi connectivity index (χ1n) is 3.78. The first-order valence-corrected chi connectivity index (χ1v) is 3.78. The van der Waals surface area contributed by atoms with E-state index in [9.17, 15) is 10.2 Å². The molecule has 0 unspecified atom stereocenters. The molecule has 3 N–H and O–H groups in total. The van der Waals surface area contributed by atoms with Gasteiger partial charge in [-0.1, -0.05) is 0 Å². The molecule has 0 fully saturated rings. The van der Waals surface area contributed by atoms with Crippen LogP contribution in [0.5, 0.6) is 0 Å². The van der Waals surface area contributed by atoms with Crippen molar-refractivity contribution in [3.05, 3.63) is 11.4 Å². The van der Waals surface area contributed by atoms with Gasteiger partial charge in [0.2, 0.25) is 5.95 Å². The maximum atomic E-state index is 9.48. The van der Waals surface area contributed by atoms with Gasteiger partial charge in [-0.05, 0) is 0 Å². The van der Waals surface area contributed by atoms with E-state index in [0.29, 0.717) is 0 Å². The Morgan fingerprint density at radius 1 is 1.40 bits per heavy atom. The quantitative estimate of drug-likeness (QED) is 0.447. The number of nitrogens with one attached hydrogen (secondary N) is 1. The number of aliphatic hydroxyl groups is 2. The van der Waals surface area contributed by atoms with Gasteiger partial charge in [-0.25, -0.2) is 9.99 Å². The Bertz CT molecular complexity index is 529. The third-order valence-corrected chi connectivity index (χ3v) is 1.82. The lowest BCUT2D eigenvalue weighted by Gasteiger charge is -2.23. The number of fused-ring (bicyclic) bond motifs is 1. The molecule has 74 valence electrons. The van der Waals surface area contributed by atoms with Crippen LogP contribution in [0.4, 0.5) is 5.95 Å². The number of nitriles is 2. The standard InChI is InChI=1S/C7H4N6O2/c8-1-4-5(2-9)13-6(11-4)12-10-3-7(13,14)15/h3,14-15H,(H,11,12). The molecule has 2 rings (SSSR count). The summed E-state index contributed by atoms with van der Waals surface area (Å²) in [4.78, 5) is 3.67. The van der Waals surface area contributed by atoms with Crippen molar-refractivity contribution in [2.45, 2.75) is 5.91 Å². The van der Waals surface area contributed by atoms with Crippen LogP contribution in [0.2, 0.25) is 0 Å². The summed E-state index contributed by atoms with van der Waals surface area (Å²) in [5.74, 6) is -2.52. The van der Waals surface area contributed by atoms with Crippen LogP contribution < -0.4 is 5.43 Å². The number of nitrogens with zero attached hydrogens (tertiary/aromatic N) is 5. The predicted octanol–water partition coefficient (Wildman–Crippen LogP) is -1.37. The molecule has 0 aliphatic carbocycles. The van der Waals surface area contributed by atoms with Crippen LogP contribution in [-0.4, -0.2) is 26.0 Å². The average Bonchev–Trinajstić information content (AvgIpc) is 2.56. The minimum atomic E-state index is -2.45. The van der Waals surface area contributed by atoms with Crippen LogP contribution in [0.3, 0.4) is 0 Å². The molecule has 0 saturated carbocycles. The van der Waals surface area contributed by atoms with Crippen LogP contribution in [0.1, 0.15) is 11.4 Å². The van der Waals surface area contributed by atoms with E-state index in [1.54, 1.807) is 12.1 Å². The minimum Gasteiger partial charge on any atom is -0.344 e. The topological polar surface area (TPSA) is 130 Å². The Kier molecular flexibility index (Phi) is 1.70. The molecule has 1 aliphatic heterocycles. The maximum Gasteiger partial charge on any atom is 0.295 e. The molecule has 0 amide bonds. The Balaban J connectivity index is 2.75. The van der Waals surface area contributed by atoms with Crippen molar-refractivity contribution in [3.8, 4) is 12.1 Å². The Morgan fingerprint density at radius 3 is 2.73 bits per heavy atom. The first-order chi connectivity index (χ1) is 7.10. The Morgan fingerprint density at radius 2 is 2.13 bits per heavy atom. The molecule has 0 atom stereocenters. The third kappa shape index (κ3) is 1.14. The SMILES string of the molecule is N#Cc1nc2n(c1C#N)C(O)(O)C=NN2. The summed E-state index contributed by atoms with van der Waals surface area (Å²) in [6.07, 6.45) is 0.781. The van der Waals surface area contributed by atoms with E-state index in [0.717, 1.165) is 10.8 Å². The summed E-state index contributed by atoms with van der Waals surface area (Å²) >= 11 is 0. The highest BCUT2D eigenvalue weighted by Gasteiger charge is 2.34. The van der Waals surface area contributed by atoms with Gasteiger partial charge in [0.05, 0.1) is 0 Å². The molecular formula is C7H4N6O2. The number of imidazole rings is 1. The summed E-state index contributed by atoms with van der Waals surface area (Å²) in [5, 5.41) is 39.8. The van der Waals surface area contributed by atoms with Gasteiger partial charge < -0.3 is 10.2 Å². The van der Waals surface area contributed by atoms with E-state index in [4.69, 9.17) is 10.5 Å². The fraction of sp³-hybridized carbons (Fsp3) is 0.143. The fourth-order valence-corrected chi connectivity index (χ4v) is 1.23. The van der Waals surface area contributed by atoms with Gasteiger partial charge in [0.25, 0.3) is 5.91 Å². The molecule has 0 radical (unpaired) electrons. The van der Waals surface area contributed by atoms with Crippen molar-refractivity contribution in [2.75, 3.05) is 5.43 Å². The predicted molar refractivity (Wildman–Crippen MR) is 46.2 cm³/mol. The molecule has 0 spiro atoms. The smallest absolute Gasteiger partial charge is 0.295 e. The lowest BCUT2D eigenvalue weighted by Crippen LogP contribution is -2.39. The number of hydrogen-bond acceptors (Lipinski definition) is 7. The van der Waals surface area contributed by atoms with Crippen LogP contribution in [0.15, 0.2) is 5.10 Å². The van der Waals surface area contributed by atoms with E-state index >= 15 is 0 Å². The van der Waals surface area contributed by atoms with Gasteiger partial charge in [-0.2, -0.15) is 20.6 Å². The lowest BCUT2D eigenvalue weighted by molar-refractivity contribution is -0.162. The average molecular weight is 204 g/mol. The zero-order chi connectivity index (χ0) is 11.1. The van der Waals surface area contributed by atoms with Crippen molar-refractivity contribution in [3.63, 3.8) is 0 Å². The van der Waals surface area contributed by atoms with Crippen molar-refractivity contribution in [1.82, 2.24) is 9.55 Å². The van der Waals surface area contributed by atoms with E-state index in [1.165, 1.54) is 0 Å². The number of hydrogen-bond donors (Lipinski definition) is 3. The van der Waals surface area contributed by atoms with Gasteiger partial charge in [0.1, 0.15) is 18.4 Å². The van der Waals surface area contributed by atoms with Crippen molar-refractivity contribution >= 4 is 12.2 Å². The molecule has 0 saturated heterocycles. The number of hydrazone groups is 1.